The fraction of sp³-hybridized carbons (Fsp3) is 0.375. The van der Waals surface area contributed by atoms with Crippen molar-refractivity contribution < 1.29 is 27.6 Å². The summed E-state index contributed by atoms with van der Waals surface area (Å²) in [5.74, 6) is -2.92. The highest BCUT2D eigenvalue weighted by Gasteiger charge is 2.45. The van der Waals surface area contributed by atoms with Crippen LogP contribution in [0.5, 0.6) is 0 Å². The van der Waals surface area contributed by atoms with E-state index in [4.69, 9.17) is 0 Å². The third-order valence-corrected chi connectivity index (χ3v) is 5.99. The van der Waals surface area contributed by atoms with Crippen molar-refractivity contribution >= 4 is 33.6 Å². The maximum atomic E-state index is 12.3. The number of hydrogen-bond acceptors (Lipinski definition) is 6. The fourth-order valence-corrected chi connectivity index (χ4v) is 4.59. The highest BCUT2D eigenvalue weighted by molar-refractivity contribution is 7.91. The summed E-state index contributed by atoms with van der Waals surface area (Å²) in [5.41, 5.74) is 0.671. The first-order valence-corrected chi connectivity index (χ1v) is 9.80. The Balaban J connectivity index is 1.63. The summed E-state index contributed by atoms with van der Waals surface area (Å²) in [6.07, 6.45) is 0.287. The van der Waals surface area contributed by atoms with Gasteiger partial charge in [-0.25, -0.2) is 18.1 Å². The molecule has 2 fully saturated rings. The molecule has 0 aromatic heterocycles. The fourth-order valence-electron chi connectivity index (χ4n) is 2.92. The second kappa shape index (κ2) is 6.87. The van der Waals surface area contributed by atoms with E-state index >= 15 is 0 Å². The van der Waals surface area contributed by atoms with Gasteiger partial charge in [0.25, 0.3) is 0 Å². The highest BCUT2D eigenvalue weighted by Crippen LogP contribution is 2.16. The van der Waals surface area contributed by atoms with Gasteiger partial charge in [0.05, 0.1) is 18.1 Å². The summed E-state index contributed by atoms with van der Waals surface area (Å²) >= 11 is 0. The molecule has 9 nitrogen and oxygen atoms in total. The number of carbonyl (C=O) groups excluding carboxylic acids is 4. The van der Waals surface area contributed by atoms with Gasteiger partial charge >= 0.3 is 17.8 Å². The number of rotatable bonds is 5. The molecule has 2 aliphatic rings. The maximum absolute atomic E-state index is 12.3. The molecule has 10 heteroatoms. The zero-order valence-electron chi connectivity index (χ0n) is 13.8. The van der Waals surface area contributed by atoms with E-state index < -0.39 is 46.2 Å². The lowest BCUT2D eigenvalue weighted by Gasteiger charge is -2.17. The van der Waals surface area contributed by atoms with Crippen molar-refractivity contribution in [1.82, 2.24) is 15.1 Å². The Morgan fingerprint density at radius 2 is 1.73 bits per heavy atom. The van der Waals surface area contributed by atoms with Gasteiger partial charge in [-0.3, -0.25) is 19.3 Å². The number of hydrogen-bond donors (Lipinski definition) is 1. The Labute approximate surface area is 149 Å². The second-order valence-corrected chi connectivity index (χ2v) is 8.45. The third-order valence-electron chi connectivity index (χ3n) is 4.22. The van der Waals surface area contributed by atoms with E-state index in [9.17, 15) is 27.6 Å². The normalized spacial score (nSPS) is 22.2. The van der Waals surface area contributed by atoms with Crippen molar-refractivity contribution in [3.05, 3.63) is 35.9 Å². The minimum atomic E-state index is -3.17. The van der Waals surface area contributed by atoms with Crippen molar-refractivity contribution in [1.29, 1.82) is 0 Å². The number of benzene rings is 1. The molecular formula is C16H17N3O6S. The third kappa shape index (κ3) is 3.74. The molecule has 138 valence electrons. The molecule has 2 saturated heterocycles. The van der Waals surface area contributed by atoms with Gasteiger partial charge in [0, 0.05) is 6.04 Å². The van der Waals surface area contributed by atoms with E-state index in [1.807, 2.05) is 0 Å². The predicted molar refractivity (Wildman–Crippen MR) is 89.3 cm³/mol. The molecule has 1 N–H and O–H groups in total. The van der Waals surface area contributed by atoms with Gasteiger partial charge in [0.1, 0.15) is 6.54 Å². The maximum Gasteiger partial charge on any atom is 0.335 e. The average Bonchev–Trinajstić information content (AvgIpc) is 3.03. The van der Waals surface area contributed by atoms with Crippen LogP contribution in [-0.2, 0) is 30.8 Å². The molecule has 0 radical (unpaired) electrons. The predicted octanol–water partition coefficient (Wildman–Crippen LogP) is -0.719. The quantitative estimate of drug-likeness (QED) is 0.532. The molecule has 0 aliphatic carbocycles. The molecule has 2 aliphatic heterocycles. The molecule has 0 unspecified atom stereocenters. The topological polar surface area (TPSA) is 121 Å². The van der Waals surface area contributed by atoms with Gasteiger partial charge in [-0.1, -0.05) is 30.3 Å². The molecular weight excluding hydrogens is 362 g/mol. The van der Waals surface area contributed by atoms with E-state index in [2.05, 4.69) is 5.32 Å². The van der Waals surface area contributed by atoms with Crippen LogP contribution in [0, 0.1) is 0 Å². The molecule has 0 bridgehead atoms. The minimum Gasteiger partial charge on any atom is -0.351 e. The van der Waals surface area contributed by atoms with Crippen LogP contribution < -0.4 is 5.32 Å². The number of imide groups is 2. The van der Waals surface area contributed by atoms with Crippen molar-refractivity contribution in [3.63, 3.8) is 0 Å². The highest BCUT2D eigenvalue weighted by atomic mass is 32.2. The number of nitrogens with zero attached hydrogens (tertiary/aromatic N) is 2. The summed E-state index contributed by atoms with van der Waals surface area (Å²) in [6.45, 7) is -0.686. The number of nitrogens with one attached hydrogen (secondary N) is 1. The van der Waals surface area contributed by atoms with Gasteiger partial charge in [-0.2, -0.15) is 0 Å². The van der Waals surface area contributed by atoms with Crippen LogP contribution in [0.2, 0.25) is 0 Å². The lowest BCUT2D eigenvalue weighted by molar-refractivity contribution is -0.144. The van der Waals surface area contributed by atoms with Crippen LogP contribution in [0.25, 0.3) is 0 Å². The van der Waals surface area contributed by atoms with Crippen LogP contribution >= 0.6 is 0 Å². The van der Waals surface area contributed by atoms with Crippen molar-refractivity contribution in [2.24, 2.45) is 0 Å². The molecule has 0 saturated carbocycles. The van der Waals surface area contributed by atoms with Crippen molar-refractivity contribution in [3.8, 4) is 0 Å². The van der Waals surface area contributed by atoms with Crippen LogP contribution in [0.15, 0.2) is 30.3 Å². The summed E-state index contributed by atoms with van der Waals surface area (Å²) in [5, 5.41) is 2.49. The standard InChI is InChI=1S/C16H17N3O6S/c20-13(17-12-6-7-26(24,25)10-12)9-19-15(22)14(21)18(16(19)23)8-11-4-2-1-3-5-11/h1-5,12H,6-10H2,(H,17,20)/t12-/m1/s1. The van der Waals surface area contributed by atoms with E-state index in [-0.39, 0.29) is 24.5 Å². The van der Waals surface area contributed by atoms with Gasteiger partial charge in [-0.05, 0) is 12.0 Å². The zero-order chi connectivity index (χ0) is 18.9. The van der Waals surface area contributed by atoms with Gasteiger partial charge < -0.3 is 5.32 Å². The summed E-state index contributed by atoms with van der Waals surface area (Å²) in [7, 11) is -3.17. The first-order chi connectivity index (χ1) is 12.3. The Kier molecular flexibility index (Phi) is 4.77. The molecule has 3 rings (SSSR count). The molecule has 26 heavy (non-hydrogen) atoms. The molecule has 1 atom stereocenters. The average molecular weight is 379 g/mol. The number of urea groups is 1. The van der Waals surface area contributed by atoms with Gasteiger partial charge in [0.2, 0.25) is 5.91 Å². The molecule has 2 heterocycles. The summed E-state index contributed by atoms with van der Waals surface area (Å²) in [6, 6.07) is 7.27. The van der Waals surface area contributed by atoms with Crippen LogP contribution in [0.1, 0.15) is 12.0 Å². The minimum absolute atomic E-state index is 0.0111. The monoisotopic (exact) mass is 379 g/mol. The van der Waals surface area contributed by atoms with E-state index in [1.54, 1.807) is 30.3 Å². The largest absolute Gasteiger partial charge is 0.351 e. The SMILES string of the molecule is O=C(CN1C(=O)C(=O)N(Cc2ccccc2)C1=O)N[C@@H]1CCS(=O)(=O)C1. The van der Waals surface area contributed by atoms with Crippen LogP contribution in [-0.4, -0.2) is 66.1 Å². The Morgan fingerprint density at radius 3 is 2.35 bits per heavy atom. The van der Waals surface area contributed by atoms with Crippen molar-refractivity contribution in [2.45, 2.75) is 19.0 Å². The smallest absolute Gasteiger partial charge is 0.335 e. The van der Waals surface area contributed by atoms with E-state index in [1.165, 1.54) is 0 Å². The molecule has 0 spiro atoms. The van der Waals surface area contributed by atoms with Crippen molar-refractivity contribution in [2.75, 3.05) is 18.1 Å². The van der Waals surface area contributed by atoms with Gasteiger partial charge in [0.15, 0.2) is 9.84 Å². The zero-order valence-corrected chi connectivity index (χ0v) is 14.6. The van der Waals surface area contributed by atoms with E-state index in [0.29, 0.717) is 10.5 Å². The second-order valence-electron chi connectivity index (χ2n) is 6.22. The number of amides is 5. The first-order valence-electron chi connectivity index (χ1n) is 7.98. The number of sulfone groups is 1. The molecule has 1 aromatic carbocycles. The molecule has 5 amide bonds. The first kappa shape index (κ1) is 18.1. The number of carbonyl (C=O) groups is 4. The Morgan fingerprint density at radius 1 is 1.08 bits per heavy atom. The lowest BCUT2D eigenvalue weighted by Crippen LogP contribution is -2.45. The van der Waals surface area contributed by atoms with E-state index in [0.717, 1.165) is 4.90 Å². The Hall–Kier alpha value is -2.75. The lowest BCUT2D eigenvalue weighted by atomic mass is 10.2. The summed E-state index contributed by atoms with van der Waals surface area (Å²) in [4.78, 5) is 49.8. The summed E-state index contributed by atoms with van der Waals surface area (Å²) < 4.78 is 22.8. The van der Waals surface area contributed by atoms with Gasteiger partial charge in [-0.15, -0.1) is 0 Å². The van der Waals surface area contributed by atoms with Crippen LogP contribution in [0.3, 0.4) is 0 Å². The Bertz CT molecular complexity index is 867. The van der Waals surface area contributed by atoms with Crippen LogP contribution in [0.4, 0.5) is 4.79 Å². The molecule has 1 aromatic rings.